The third-order valence-corrected chi connectivity index (χ3v) is 4.15. The van der Waals surface area contributed by atoms with Crippen molar-refractivity contribution >= 4 is 23.5 Å². The van der Waals surface area contributed by atoms with Crippen molar-refractivity contribution in [3.63, 3.8) is 0 Å². The number of nitro groups is 1. The number of ketones is 1. The molecule has 0 aliphatic carbocycles. The molecule has 0 aromatic heterocycles. The van der Waals surface area contributed by atoms with Crippen LogP contribution in [0.15, 0.2) is 78.9 Å². The summed E-state index contributed by atoms with van der Waals surface area (Å²) in [5.74, 6) is -0.451. The fraction of sp³-hybridized carbons (Fsp3) is 0.0435. The number of hydrogen-bond donors (Lipinski definition) is 0. The van der Waals surface area contributed by atoms with Crippen molar-refractivity contribution < 1.29 is 19.2 Å². The third-order valence-electron chi connectivity index (χ3n) is 4.15. The van der Waals surface area contributed by atoms with Crippen LogP contribution in [0, 0.1) is 17.0 Å². The van der Waals surface area contributed by atoms with Crippen LogP contribution >= 0.6 is 0 Å². The summed E-state index contributed by atoms with van der Waals surface area (Å²) in [5.41, 5.74) is 2.46. The Labute approximate surface area is 167 Å². The highest BCUT2D eigenvalue weighted by molar-refractivity contribution is 6.06. The Morgan fingerprint density at radius 3 is 2.24 bits per heavy atom. The third kappa shape index (κ3) is 5.23. The molecule has 0 aliphatic rings. The van der Waals surface area contributed by atoms with Crippen LogP contribution in [0.2, 0.25) is 0 Å². The van der Waals surface area contributed by atoms with Gasteiger partial charge in [0.15, 0.2) is 5.78 Å². The monoisotopic (exact) mass is 387 g/mol. The summed E-state index contributed by atoms with van der Waals surface area (Å²) in [5, 5.41) is 10.7. The second-order valence-corrected chi connectivity index (χ2v) is 6.33. The van der Waals surface area contributed by atoms with E-state index in [2.05, 4.69) is 0 Å². The van der Waals surface area contributed by atoms with Crippen molar-refractivity contribution in [1.29, 1.82) is 0 Å². The number of carbonyl (C=O) groups excluding carboxylic acids is 2. The summed E-state index contributed by atoms with van der Waals surface area (Å²) >= 11 is 0. The van der Waals surface area contributed by atoms with Gasteiger partial charge in [-0.05, 0) is 42.8 Å². The van der Waals surface area contributed by atoms with E-state index in [0.717, 1.165) is 5.56 Å². The molecule has 0 radical (unpaired) electrons. The van der Waals surface area contributed by atoms with Gasteiger partial charge in [-0.3, -0.25) is 14.9 Å². The van der Waals surface area contributed by atoms with Gasteiger partial charge in [0.1, 0.15) is 5.75 Å². The summed E-state index contributed by atoms with van der Waals surface area (Å²) in [7, 11) is 0. The first-order valence-corrected chi connectivity index (χ1v) is 8.78. The number of benzene rings is 3. The summed E-state index contributed by atoms with van der Waals surface area (Å²) in [6.07, 6.45) is 3.10. The van der Waals surface area contributed by atoms with Gasteiger partial charge in [-0.25, -0.2) is 4.79 Å². The lowest BCUT2D eigenvalue weighted by molar-refractivity contribution is -0.384. The van der Waals surface area contributed by atoms with Crippen LogP contribution in [0.25, 0.3) is 6.08 Å². The molecule has 0 saturated heterocycles. The van der Waals surface area contributed by atoms with Gasteiger partial charge in [0.25, 0.3) is 5.69 Å². The maximum absolute atomic E-state index is 12.2. The Kier molecular flexibility index (Phi) is 5.94. The highest BCUT2D eigenvalue weighted by Crippen LogP contribution is 2.18. The number of rotatable bonds is 6. The van der Waals surface area contributed by atoms with Crippen molar-refractivity contribution in [3.05, 3.63) is 111 Å². The number of ether oxygens (including phenoxy) is 1. The van der Waals surface area contributed by atoms with Crippen LogP contribution in [0.3, 0.4) is 0 Å². The SMILES string of the molecule is Cc1ccc(C(=O)C=Cc2cccc(OC(=O)c3ccc([N+](=O)[O-])cc3)c2)cc1. The van der Waals surface area contributed by atoms with Crippen LogP contribution in [-0.2, 0) is 0 Å². The number of nitro benzene ring substituents is 1. The number of allylic oxidation sites excluding steroid dienone is 1. The molecular formula is C23H17NO5. The first kappa shape index (κ1) is 19.7. The maximum atomic E-state index is 12.2. The largest absolute Gasteiger partial charge is 0.423 e. The molecule has 6 nitrogen and oxygen atoms in total. The molecule has 3 rings (SSSR count). The first-order valence-electron chi connectivity index (χ1n) is 8.78. The molecule has 3 aromatic rings. The second-order valence-electron chi connectivity index (χ2n) is 6.33. The Morgan fingerprint density at radius 2 is 1.59 bits per heavy atom. The van der Waals surface area contributed by atoms with Crippen molar-refractivity contribution in [3.8, 4) is 5.75 Å². The molecule has 0 saturated carbocycles. The van der Waals surface area contributed by atoms with E-state index in [9.17, 15) is 19.7 Å². The van der Waals surface area contributed by atoms with Crippen molar-refractivity contribution in [2.45, 2.75) is 6.92 Å². The van der Waals surface area contributed by atoms with E-state index in [4.69, 9.17) is 4.74 Å². The minimum absolute atomic E-state index is 0.105. The van der Waals surface area contributed by atoms with Crippen LogP contribution in [0.4, 0.5) is 5.69 Å². The number of esters is 1. The molecule has 0 bridgehead atoms. The maximum Gasteiger partial charge on any atom is 0.343 e. The second kappa shape index (κ2) is 8.75. The van der Waals surface area contributed by atoms with E-state index < -0.39 is 10.9 Å². The Bertz CT molecular complexity index is 1080. The highest BCUT2D eigenvalue weighted by atomic mass is 16.6. The molecule has 0 aliphatic heterocycles. The molecule has 3 aromatic carbocycles. The van der Waals surface area contributed by atoms with Gasteiger partial charge >= 0.3 is 5.97 Å². The zero-order valence-electron chi connectivity index (χ0n) is 15.6. The summed E-state index contributed by atoms with van der Waals surface area (Å²) < 4.78 is 5.32. The van der Waals surface area contributed by atoms with Crippen molar-refractivity contribution in [2.75, 3.05) is 0 Å². The number of aryl methyl sites for hydroxylation is 1. The van der Waals surface area contributed by atoms with E-state index >= 15 is 0 Å². The highest BCUT2D eigenvalue weighted by Gasteiger charge is 2.11. The molecular weight excluding hydrogens is 370 g/mol. The molecule has 0 amide bonds. The topological polar surface area (TPSA) is 86.5 Å². The molecule has 0 fully saturated rings. The molecule has 0 spiro atoms. The summed E-state index contributed by atoms with van der Waals surface area (Å²) in [4.78, 5) is 34.6. The molecule has 0 atom stereocenters. The number of hydrogen-bond acceptors (Lipinski definition) is 5. The minimum Gasteiger partial charge on any atom is -0.423 e. The summed E-state index contributed by atoms with van der Waals surface area (Å²) in [6, 6.07) is 19.2. The normalized spacial score (nSPS) is 10.7. The van der Waals surface area contributed by atoms with E-state index in [1.807, 2.05) is 19.1 Å². The Morgan fingerprint density at radius 1 is 0.931 bits per heavy atom. The fourth-order valence-corrected chi connectivity index (χ4v) is 2.55. The van der Waals surface area contributed by atoms with Crippen LogP contribution in [0.5, 0.6) is 5.75 Å². The number of nitrogens with zero attached hydrogens (tertiary/aromatic N) is 1. The van der Waals surface area contributed by atoms with Crippen molar-refractivity contribution in [2.24, 2.45) is 0 Å². The van der Waals surface area contributed by atoms with Gasteiger partial charge in [-0.2, -0.15) is 0 Å². The zero-order chi connectivity index (χ0) is 20.8. The quantitative estimate of drug-likeness (QED) is 0.148. The molecule has 29 heavy (non-hydrogen) atoms. The van der Waals surface area contributed by atoms with Crippen LogP contribution < -0.4 is 4.74 Å². The fourth-order valence-electron chi connectivity index (χ4n) is 2.55. The van der Waals surface area contributed by atoms with Gasteiger partial charge in [0.05, 0.1) is 10.5 Å². The minimum atomic E-state index is -0.628. The molecule has 0 heterocycles. The van der Waals surface area contributed by atoms with Gasteiger partial charge in [-0.1, -0.05) is 48.0 Å². The molecule has 144 valence electrons. The van der Waals surface area contributed by atoms with Gasteiger partial charge in [-0.15, -0.1) is 0 Å². The zero-order valence-corrected chi connectivity index (χ0v) is 15.6. The Balaban J connectivity index is 1.68. The van der Waals surface area contributed by atoms with Crippen LogP contribution in [0.1, 0.15) is 31.8 Å². The van der Waals surface area contributed by atoms with Gasteiger partial charge in [0, 0.05) is 17.7 Å². The Hall–Kier alpha value is -4.06. The first-order chi connectivity index (χ1) is 13.9. The standard InChI is InChI=1S/C23H17NO5/c1-16-5-8-18(9-6-16)22(25)14-7-17-3-2-4-21(15-17)29-23(26)19-10-12-20(13-11-19)24(27)28/h2-15H,1H3. The van der Waals surface area contributed by atoms with E-state index in [1.165, 1.54) is 30.3 Å². The van der Waals surface area contributed by atoms with Crippen molar-refractivity contribution in [1.82, 2.24) is 0 Å². The van der Waals surface area contributed by atoms with E-state index in [-0.39, 0.29) is 17.0 Å². The number of carbonyl (C=O) groups is 2. The lowest BCUT2D eigenvalue weighted by atomic mass is 10.1. The predicted molar refractivity (Wildman–Crippen MR) is 109 cm³/mol. The molecule has 6 heteroatoms. The smallest absolute Gasteiger partial charge is 0.343 e. The molecule has 0 N–H and O–H groups in total. The van der Waals surface area contributed by atoms with E-state index in [0.29, 0.717) is 16.9 Å². The summed E-state index contributed by atoms with van der Waals surface area (Å²) in [6.45, 7) is 1.95. The average Bonchev–Trinajstić information content (AvgIpc) is 2.73. The average molecular weight is 387 g/mol. The van der Waals surface area contributed by atoms with Gasteiger partial charge in [0.2, 0.25) is 0 Å². The van der Waals surface area contributed by atoms with E-state index in [1.54, 1.807) is 42.5 Å². The van der Waals surface area contributed by atoms with Gasteiger partial charge < -0.3 is 4.74 Å². The predicted octanol–water partition coefficient (Wildman–Crippen LogP) is 5.02. The molecule has 0 unspecified atom stereocenters. The lowest BCUT2D eigenvalue weighted by Crippen LogP contribution is -2.08. The number of non-ortho nitro benzene ring substituents is 1. The van der Waals surface area contributed by atoms with Crippen LogP contribution in [-0.4, -0.2) is 16.7 Å². The lowest BCUT2D eigenvalue weighted by Gasteiger charge is -2.05.